The molecule has 0 saturated heterocycles. The van der Waals surface area contributed by atoms with Crippen LogP contribution in [0.15, 0.2) is 24.3 Å². The first-order chi connectivity index (χ1) is 10.1. The van der Waals surface area contributed by atoms with Gasteiger partial charge in [-0.3, -0.25) is 4.79 Å². The number of para-hydroxylation sites is 1. The van der Waals surface area contributed by atoms with Crippen LogP contribution in [0.25, 0.3) is 0 Å². The molecular formula is C16H23N3O2. The van der Waals surface area contributed by atoms with E-state index in [-0.39, 0.29) is 12.5 Å². The first kappa shape index (κ1) is 15.4. The molecule has 5 heteroatoms. The van der Waals surface area contributed by atoms with E-state index in [4.69, 9.17) is 5.73 Å². The Hall–Kier alpha value is -2.04. The number of carbonyl (C=O) groups excluding carboxylic acids is 2. The Morgan fingerprint density at radius 2 is 1.86 bits per heavy atom. The summed E-state index contributed by atoms with van der Waals surface area (Å²) in [6.07, 6.45) is 6.34. The number of anilines is 1. The van der Waals surface area contributed by atoms with E-state index >= 15 is 0 Å². The SMILES string of the molecule is NC(=O)Cc1ccccc1NC(=O)NCC1CCCCC1. The Morgan fingerprint density at radius 1 is 1.14 bits per heavy atom. The fraction of sp³-hybridized carbons (Fsp3) is 0.500. The molecule has 1 aromatic carbocycles. The van der Waals surface area contributed by atoms with Gasteiger partial charge in [-0.15, -0.1) is 0 Å². The number of hydrogen-bond donors (Lipinski definition) is 3. The van der Waals surface area contributed by atoms with Gasteiger partial charge >= 0.3 is 6.03 Å². The molecule has 4 N–H and O–H groups in total. The number of primary amides is 1. The monoisotopic (exact) mass is 289 g/mol. The zero-order valence-electron chi connectivity index (χ0n) is 12.2. The Bertz CT molecular complexity index is 496. The number of rotatable bonds is 5. The summed E-state index contributed by atoms with van der Waals surface area (Å²) in [5, 5.41) is 5.71. The first-order valence-electron chi connectivity index (χ1n) is 7.56. The molecule has 0 atom stereocenters. The van der Waals surface area contributed by atoms with Crippen LogP contribution in [-0.2, 0) is 11.2 Å². The van der Waals surface area contributed by atoms with Crippen LogP contribution in [0.1, 0.15) is 37.7 Å². The summed E-state index contributed by atoms with van der Waals surface area (Å²) in [6, 6.07) is 6.99. The minimum absolute atomic E-state index is 0.124. The lowest BCUT2D eigenvalue weighted by Gasteiger charge is -2.22. The maximum atomic E-state index is 12.0. The minimum Gasteiger partial charge on any atom is -0.369 e. The van der Waals surface area contributed by atoms with Crippen molar-refractivity contribution in [2.75, 3.05) is 11.9 Å². The molecule has 0 aliphatic heterocycles. The number of carbonyl (C=O) groups is 2. The summed E-state index contributed by atoms with van der Waals surface area (Å²) >= 11 is 0. The third kappa shape index (κ3) is 5.10. The summed E-state index contributed by atoms with van der Waals surface area (Å²) in [6.45, 7) is 0.712. The molecule has 1 aliphatic carbocycles. The van der Waals surface area contributed by atoms with Crippen molar-refractivity contribution in [1.29, 1.82) is 0 Å². The fourth-order valence-electron chi connectivity index (χ4n) is 2.78. The topological polar surface area (TPSA) is 84.2 Å². The number of amides is 3. The minimum atomic E-state index is -0.410. The molecule has 0 bridgehead atoms. The molecule has 0 radical (unpaired) electrons. The molecule has 2 rings (SSSR count). The summed E-state index contributed by atoms with van der Waals surface area (Å²) in [5.41, 5.74) is 6.58. The predicted octanol–water partition coefficient (Wildman–Crippen LogP) is 2.42. The maximum Gasteiger partial charge on any atom is 0.319 e. The lowest BCUT2D eigenvalue weighted by atomic mass is 9.89. The molecular weight excluding hydrogens is 266 g/mol. The van der Waals surface area contributed by atoms with Gasteiger partial charge in [-0.2, -0.15) is 0 Å². The lowest BCUT2D eigenvalue weighted by molar-refractivity contribution is -0.117. The van der Waals surface area contributed by atoms with Gasteiger partial charge in [0.15, 0.2) is 0 Å². The predicted molar refractivity (Wildman–Crippen MR) is 82.9 cm³/mol. The van der Waals surface area contributed by atoms with Crippen molar-refractivity contribution in [3.8, 4) is 0 Å². The number of nitrogens with one attached hydrogen (secondary N) is 2. The molecule has 3 amide bonds. The first-order valence-corrected chi connectivity index (χ1v) is 7.56. The standard InChI is InChI=1S/C16H23N3O2/c17-15(20)10-13-8-4-5-9-14(13)19-16(21)18-11-12-6-2-1-3-7-12/h4-5,8-9,12H,1-3,6-7,10-11H2,(H2,17,20)(H2,18,19,21). The van der Waals surface area contributed by atoms with Gasteiger partial charge in [-0.1, -0.05) is 37.5 Å². The maximum absolute atomic E-state index is 12.0. The Labute approximate surface area is 125 Å². The van der Waals surface area contributed by atoms with E-state index in [2.05, 4.69) is 10.6 Å². The zero-order chi connectivity index (χ0) is 15.1. The van der Waals surface area contributed by atoms with Gasteiger partial charge in [0, 0.05) is 12.2 Å². The Kier molecular flexibility index (Phi) is 5.60. The zero-order valence-corrected chi connectivity index (χ0v) is 12.2. The van der Waals surface area contributed by atoms with Crippen molar-refractivity contribution in [3.05, 3.63) is 29.8 Å². The number of benzene rings is 1. The van der Waals surface area contributed by atoms with E-state index in [1.165, 1.54) is 32.1 Å². The number of urea groups is 1. The van der Waals surface area contributed by atoms with Crippen LogP contribution in [0.5, 0.6) is 0 Å². The van der Waals surface area contributed by atoms with Crippen LogP contribution in [0.4, 0.5) is 10.5 Å². The quantitative estimate of drug-likeness (QED) is 0.777. The van der Waals surface area contributed by atoms with Gasteiger partial charge in [-0.05, 0) is 30.4 Å². The average molecular weight is 289 g/mol. The van der Waals surface area contributed by atoms with Crippen LogP contribution < -0.4 is 16.4 Å². The van der Waals surface area contributed by atoms with Crippen molar-refractivity contribution < 1.29 is 9.59 Å². The lowest BCUT2D eigenvalue weighted by Crippen LogP contribution is -2.34. The Balaban J connectivity index is 1.85. The number of hydrogen-bond acceptors (Lipinski definition) is 2. The summed E-state index contributed by atoms with van der Waals surface area (Å²) < 4.78 is 0. The summed E-state index contributed by atoms with van der Waals surface area (Å²) in [4.78, 5) is 23.0. The smallest absolute Gasteiger partial charge is 0.319 e. The fourth-order valence-corrected chi connectivity index (χ4v) is 2.78. The van der Waals surface area contributed by atoms with Crippen LogP contribution in [0.3, 0.4) is 0 Å². The van der Waals surface area contributed by atoms with Crippen LogP contribution in [0, 0.1) is 5.92 Å². The molecule has 0 aromatic heterocycles. The van der Waals surface area contributed by atoms with Crippen molar-refractivity contribution in [2.24, 2.45) is 11.7 Å². The second-order valence-electron chi connectivity index (χ2n) is 5.64. The molecule has 5 nitrogen and oxygen atoms in total. The van der Waals surface area contributed by atoms with Gasteiger partial charge in [0.1, 0.15) is 0 Å². The van der Waals surface area contributed by atoms with Crippen molar-refractivity contribution in [3.63, 3.8) is 0 Å². The summed E-state index contributed by atoms with van der Waals surface area (Å²) in [5.74, 6) is 0.178. The van der Waals surface area contributed by atoms with Gasteiger partial charge < -0.3 is 16.4 Å². The van der Waals surface area contributed by atoms with Gasteiger partial charge in [0.2, 0.25) is 5.91 Å². The van der Waals surface area contributed by atoms with E-state index in [1.807, 2.05) is 12.1 Å². The van der Waals surface area contributed by atoms with Gasteiger partial charge in [0.25, 0.3) is 0 Å². The highest BCUT2D eigenvalue weighted by Gasteiger charge is 2.14. The molecule has 0 spiro atoms. The van der Waals surface area contributed by atoms with Gasteiger partial charge in [0.05, 0.1) is 6.42 Å². The molecule has 0 unspecified atom stereocenters. The molecule has 1 saturated carbocycles. The van der Waals surface area contributed by atoms with E-state index in [0.29, 0.717) is 18.2 Å². The number of nitrogens with two attached hydrogens (primary N) is 1. The molecule has 1 aliphatic rings. The molecule has 1 aromatic rings. The second-order valence-corrected chi connectivity index (χ2v) is 5.64. The molecule has 0 heterocycles. The van der Waals surface area contributed by atoms with Crippen LogP contribution in [0.2, 0.25) is 0 Å². The van der Waals surface area contributed by atoms with E-state index < -0.39 is 5.91 Å². The van der Waals surface area contributed by atoms with Crippen LogP contribution in [-0.4, -0.2) is 18.5 Å². The third-order valence-corrected chi connectivity index (χ3v) is 3.91. The summed E-state index contributed by atoms with van der Waals surface area (Å²) in [7, 11) is 0. The molecule has 114 valence electrons. The second kappa shape index (κ2) is 7.67. The highest BCUT2D eigenvalue weighted by atomic mass is 16.2. The normalized spacial score (nSPS) is 15.4. The highest BCUT2D eigenvalue weighted by molar-refractivity contribution is 5.91. The molecule has 21 heavy (non-hydrogen) atoms. The van der Waals surface area contributed by atoms with Gasteiger partial charge in [-0.25, -0.2) is 4.79 Å². The van der Waals surface area contributed by atoms with E-state index in [0.717, 1.165) is 5.56 Å². The van der Waals surface area contributed by atoms with Crippen molar-refractivity contribution in [1.82, 2.24) is 5.32 Å². The van der Waals surface area contributed by atoms with Crippen molar-refractivity contribution >= 4 is 17.6 Å². The van der Waals surface area contributed by atoms with E-state index in [1.54, 1.807) is 12.1 Å². The Morgan fingerprint density at radius 3 is 2.57 bits per heavy atom. The van der Waals surface area contributed by atoms with Crippen LogP contribution >= 0.6 is 0 Å². The highest BCUT2D eigenvalue weighted by Crippen LogP contribution is 2.22. The molecule has 1 fully saturated rings. The largest absolute Gasteiger partial charge is 0.369 e. The average Bonchev–Trinajstić information content (AvgIpc) is 2.48. The third-order valence-electron chi connectivity index (χ3n) is 3.91. The van der Waals surface area contributed by atoms with Crippen molar-refractivity contribution in [2.45, 2.75) is 38.5 Å². The van der Waals surface area contributed by atoms with E-state index in [9.17, 15) is 9.59 Å².